The van der Waals surface area contributed by atoms with Crippen LogP contribution >= 0.6 is 0 Å². The van der Waals surface area contributed by atoms with E-state index in [0.29, 0.717) is 23.8 Å². The number of hydrogen-bond donors (Lipinski definition) is 1. The zero-order valence-electron chi connectivity index (χ0n) is 13.0. The van der Waals surface area contributed by atoms with Crippen molar-refractivity contribution in [2.75, 3.05) is 7.05 Å². The van der Waals surface area contributed by atoms with Crippen molar-refractivity contribution < 1.29 is 27.1 Å². The molecule has 1 N–H and O–H groups in total. The largest absolute Gasteiger partial charge is 0.462 e. The Labute approximate surface area is 140 Å². The van der Waals surface area contributed by atoms with Crippen molar-refractivity contribution in [1.29, 1.82) is 0 Å². The van der Waals surface area contributed by atoms with Crippen LogP contribution in [0.4, 0.5) is 17.6 Å². The number of carbonyl (C=O) groups excluding carboxylic acids is 1. The highest BCUT2D eigenvalue weighted by Gasteiger charge is 2.39. The Morgan fingerprint density at radius 1 is 1.08 bits per heavy atom. The van der Waals surface area contributed by atoms with Gasteiger partial charge >= 0.3 is 6.18 Å². The predicted molar refractivity (Wildman–Crippen MR) is 82.7 cm³/mol. The van der Waals surface area contributed by atoms with Gasteiger partial charge < -0.3 is 10.1 Å². The fourth-order valence-corrected chi connectivity index (χ4v) is 2.65. The van der Waals surface area contributed by atoms with Crippen LogP contribution in [-0.2, 0) is 15.7 Å². The summed E-state index contributed by atoms with van der Waals surface area (Å²) < 4.78 is 58.5. The molecule has 7 heteroatoms. The summed E-state index contributed by atoms with van der Waals surface area (Å²) in [6, 6.07) is 10.4. The normalized spacial score (nSPS) is 17.6. The molecule has 130 valence electrons. The molecule has 0 fully saturated rings. The van der Waals surface area contributed by atoms with Crippen LogP contribution in [0, 0.1) is 5.82 Å². The quantitative estimate of drug-likeness (QED) is 0.847. The Kier molecular flexibility index (Phi) is 4.24. The molecule has 1 unspecified atom stereocenters. The monoisotopic (exact) mass is 351 g/mol. The molecule has 2 aromatic rings. The number of benzene rings is 2. The lowest BCUT2D eigenvalue weighted by Crippen LogP contribution is -2.11. The van der Waals surface area contributed by atoms with Gasteiger partial charge in [-0.15, -0.1) is 0 Å². The van der Waals surface area contributed by atoms with E-state index in [0.717, 1.165) is 0 Å². The zero-order chi connectivity index (χ0) is 18.2. The first-order chi connectivity index (χ1) is 11.8. The number of nitrogens with one attached hydrogen (secondary N) is 1. The minimum Gasteiger partial charge on any atom is -0.462 e. The Bertz CT molecular complexity index is 844. The van der Waals surface area contributed by atoms with E-state index in [1.807, 2.05) is 0 Å². The van der Waals surface area contributed by atoms with Crippen LogP contribution in [0.15, 0.2) is 54.4 Å². The van der Waals surface area contributed by atoms with E-state index in [2.05, 4.69) is 5.32 Å². The summed E-state index contributed by atoms with van der Waals surface area (Å²) in [7, 11) is 1.45. The first-order valence-electron chi connectivity index (χ1n) is 7.38. The van der Waals surface area contributed by atoms with Gasteiger partial charge in [0.15, 0.2) is 12.0 Å². The number of ether oxygens (including phenoxy) is 1. The average molecular weight is 351 g/mol. The molecular weight excluding hydrogens is 338 g/mol. The summed E-state index contributed by atoms with van der Waals surface area (Å²) in [5.74, 6) is -1.59. The highest BCUT2D eigenvalue weighted by atomic mass is 19.4. The Morgan fingerprint density at radius 3 is 2.36 bits per heavy atom. The van der Waals surface area contributed by atoms with Gasteiger partial charge in [-0.1, -0.05) is 30.3 Å². The standard InChI is InChI=1S/C18H13F4NO2/c1-23-17-14(12-9-11(18(20,21)22)7-8-13(12)19)15(24)16(25-17)10-5-3-2-4-6-10/h2-9,16,23H,1H3. The van der Waals surface area contributed by atoms with E-state index in [1.54, 1.807) is 30.3 Å². The molecule has 0 aromatic heterocycles. The van der Waals surface area contributed by atoms with Crippen LogP contribution in [0.3, 0.4) is 0 Å². The van der Waals surface area contributed by atoms with Gasteiger partial charge in [0.2, 0.25) is 5.78 Å². The molecule has 1 atom stereocenters. The van der Waals surface area contributed by atoms with E-state index in [-0.39, 0.29) is 11.5 Å². The molecule has 1 aliphatic rings. The molecule has 0 radical (unpaired) electrons. The molecule has 0 spiro atoms. The molecule has 2 aromatic carbocycles. The lowest BCUT2D eigenvalue weighted by molar-refractivity contribution is -0.137. The molecule has 0 aliphatic carbocycles. The van der Waals surface area contributed by atoms with E-state index in [1.165, 1.54) is 7.05 Å². The number of hydrogen-bond acceptors (Lipinski definition) is 3. The molecule has 3 rings (SSSR count). The van der Waals surface area contributed by atoms with Crippen LogP contribution in [0.1, 0.15) is 22.8 Å². The number of carbonyl (C=O) groups is 1. The predicted octanol–water partition coefficient (Wildman–Crippen LogP) is 4.07. The summed E-state index contributed by atoms with van der Waals surface area (Å²) in [5.41, 5.74) is -1.19. The minimum atomic E-state index is -4.65. The van der Waals surface area contributed by atoms with Gasteiger partial charge in [0.1, 0.15) is 5.82 Å². The third kappa shape index (κ3) is 3.09. The Morgan fingerprint density at radius 2 is 1.76 bits per heavy atom. The van der Waals surface area contributed by atoms with E-state index < -0.39 is 35.0 Å². The van der Waals surface area contributed by atoms with Gasteiger partial charge in [-0.05, 0) is 18.2 Å². The van der Waals surface area contributed by atoms with E-state index in [4.69, 9.17) is 4.74 Å². The zero-order valence-corrected chi connectivity index (χ0v) is 13.0. The number of rotatable bonds is 3. The minimum absolute atomic E-state index is 0.0583. The smallest absolute Gasteiger partial charge is 0.416 e. The number of alkyl halides is 3. The highest BCUT2D eigenvalue weighted by Crippen LogP contribution is 2.39. The highest BCUT2D eigenvalue weighted by molar-refractivity contribution is 6.25. The van der Waals surface area contributed by atoms with Crippen LogP contribution < -0.4 is 5.32 Å². The van der Waals surface area contributed by atoms with Gasteiger partial charge in [-0.3, -0.25) is 4.79 Å². The van der Waals surface area contributed by atoms with Gasteiger partial charge in [0.25, 0.3) is 0 Å². The second kappa shape index (κ2) is 6.23. The number of Topliss-reactive ketones (excluding diaryl/α,β-unsaturated/α-hetero) is 1. The Hall–Kier alpha value is -2.83. The van der Waals surface area contributed by atoms with Gasteiger partial charge in [0, 0.05) is 18.2 Å². The van der Waals surface area contributed by atoms with E-state index in [9.17, 15) is 22.4 Å². The third-order valence-corrected chi connectivity index (χ3v) is 3.84. The first-order valence-corrected chi connectivity index (χ1v) is 7.38. The van der Waals surface area contributed by atoms with Crippen molar-refractivity contribution in [3.05, 3.63) is 76.9 Å². The number of halogens is 4. The SMILES string of the molecule is CNC1=C(c2cc(C(F)(F)F)ccc2F)C(=O)C(c2ccccc2)O1. The lowest BCUT2D eigenvalue weighted by Gasteiger charge is -2.11. The second-order valence-electron chi connectivity index (χ2n) is 5.42. The lowest BCUT2D eigenvalue weighted by atomic mass is 9.95. The fraction of sp³-hybridized carbons (Fsp3) is 0.167. The summed E-state index contributed by atoms with van der Waals surface area (Å²) in [4.78, 5) is 12.7. The molecule has 0 bridgehead atoms. The molecular formula is C18H13F4NO2. The maximum atomic E-state index is 14.2. The van der Waals surface area contributed by atoms with Crippen LogP contribution in [0.5, 0.6) is 0 Å². The fourth-order valence-electron chi connectivity index (χ4n) is 2.65. The van der Waals surface area contributed by atoms with Crippen molar-refractivity contribution in [1.82, 2.24) is 5.32 Å². The van der Waals surface area contributed by atoms with Gasteiger partial charge in [-0.2, -0.15) is 13.2 Å². The summed E-state index contributed by atoms with van der Waals surface area (Å²) in [5, 5.41) is 2.62. The topological polar surface area (TPSA) is 38.3 Å². The molecule has 0 saturated carbocycles. The molecule has 0 amide bonds. The summed E-state index contributed by atoms with van der Waals surface area (Å²) >= 11 is 0. The van der Waals surface area contributed by atoms with Gasteiger partial charge in [-0.25, -0.2) is 4.39 Å². The third-order valence-electron chi connectivity index (χ3n) is 3.84. The van der Waals surface area contributed by atoms with Crippen molar-refractivity contribution in [3.63, 3.8) is 0 Å². The average Bonchev–Trinajstić information content (AvgIpc) is 2.91. The summed E-state index contributed by atoms with van der Waals surface area (Å²) in [6.07, 6.45) is -5.68. The maximum Gasteiger partial charge on any atom is 0.416 e. The maximum absolute atomic E-state index is 14.2. The van der Waals surface area contributed by atoms with Gasteiger partial charge in [0.05, 0.1) is 11.1 Å². The van der Waals surface area contributed by atoms with Crippen molar-refractivity contribution >= 4 is 11.4 Å². The van der Waals surface area contributed by atoms with Crippen molar-refractivity contribution in [3.8, 4) is 0 Å². The van der Waals surface area contributed by atoms with Crippen LogP contribution in [0.2, 0.25) is 0 Å². The molecule has 0 saturated heterocycles. The molecule has 1 aliphatic heterocycles. The Balaban J connectivity index is 2.08. The molecule has 25 heavy (non-hydrogen) atoms. The van der Waals surface area contributed by atoms with Crippen LogP contribution in [-0.4, -0.2) is 12.8 Å². The summed E-state index contributed by atoms with van der Waals surface area (Å²) in [6.45, 7) is 0. The second-order valence-corrected chi connectivity index (χ2v) is 5.42. The molecule has 3 nitrogen and oxygen atoms in total. The first kappa shape index (κ1) is 17.0. The van der Waals surface area contributed by atoms with E-state index >= 15 is 0 Å². The molecule has 1 heterocycles. The number of ketones is 1. The van der Waals surface area contributed by atoms with Crippen LogP contribution in [0.25, 0.3) is 5.57 Å². The van der Waals surface area contributed by atoms with Crippen molar-refractivity contribution in [2.24, 2.45) is 0 Å². The van der Waals surface area contributed by atoms with Crippen molar-refractivity contribution in [2.45, 2.75) is 12.3 Å².